The molecule has 1 atom stereocenters. The molecule has 0 aliphatic heterocycles. The van der Waals surface area contributed by atoms with E-state index in [-0.39, 0.29) is 12.6 Å². The molecule has 0 amide bonds. The minimum Gasteiger partial charge on any atom is -0.489 e. The number of hydrogen-bond donors (Lipinski definition) is 2. The van der Waals surface area contributed by atoms with Crippen LogP contribution in [0.15, 0.2) is 34.6 Å². The highest BCUT2D eigenvalue weighted by atomic mass is 32.1. The third-order valence-electron chi connectivity index (χ3n) is 3.44. The van der Waals surface area contributed by atoms with E-state index < -0.39 is 11.9 Å². The lowest BCUT2D eigenvalue weighted by Gasteiger charge is -2.17. The highest BCUT2D eigenvalue weighted by molar-refractivity contribution is 7.09. The molecule has 0 saturated heterocycles. The van der Waals surface area contributed by atoms with Gasteiger partial charge in [-0.05, 0) is 38.5 Å². The number of rotatable bonds is 7. The summed E-state index contributed by atoms with van der Waals surface area (Å²) in [4.78, 5) is 7.87. The molecule has 148 valence electrons. The van der Waals surface area contributed by atoms with Gasteiger partial charge in [-0.3, -0.25) is 0 Å². The van der Waals surface area contributed by atoms with Crippen LogP contribution in [-0.2, 0) is 12.7 Å². The van der Waals surface area contributed by atoms with Gasteiger partial charge in [0.2, 0.25) is 0 Å². The van der Waals surface area contributed by atoms with E-state index in [2.05, 4.69) is 20.6 Å². The summed E-state index contributed by atoms with van der Waals surface area (Å²) in [6.07, 6.45) is -4.55. The molecule has 9 heteroatoms. The number of aromatic nitrogens is 1. The highest BCUT2D eigenvalue weighted by Crippen LogP contribution is 2.30. The number of nitrogens with one attached hydrogen (secondary N) is 2. The van der Waals surface area contributed by atoms with E-state index in [0.717, 1.165) is 28.0 Å². The first-order valence-electron chi connectivity index (χ1n) is 8.55. The maximum Gasteiger partial charge on any atom is 0.434 e. The Morgan fingerprint density at radius 3 is 2.74 bits per heavy atom. The van der Waals surface area contributed by atoms with Crippen molar-refractivity contribution in [1.82, 2.24) is 15.6 Å². The zero-order valence-corrected chi connectivity index (χ0v) is 16.2. The van der Waals surface area contributed by atoms with Gasteiger partial charge in [0.05, 0.1) is 13.1 Å². The van der Waals surface area contributed by atoms with E-state index >= 15 is 0 Å². The van der Waals surface area contributed by atoms with E-state index in [9.17, 15) is 13.2 Å². The molecule has 27 heavy (non-hydrogen) atoms. The molecule has 0 bridgehead atoms. The Balaban J connectivity index is 1.90. The van der Waals surface area contributed by atoms with Crippen molar-refractivity contribution in [2.24, 2.45) is 4.99 Å². The molecule has 0 fully saturated rings. The number of hydrogen-bond acceptors (Lipinski definition) is 4. The molecule has 2 N–H and O–H groups in total. The predicted octanol–water partition coefficient (Wildman–Crippen LogP) is 3.99. The molecular weight excluding hydrogens is 377 g/mol. The van der Waals surface area contributed by atoms with Crippen molar-refractivity contribution < 1.29 is 17.9 Å². The Morgan fingerprint density at radius 2 is 2.11 bits per heavy atom. The smallest absolute Gasteiger partial charge is 0.434 e. The quantitative estimate of drug-likeness (QED) is 0.545. The number of aliphatic imine (C=N–C) groups is 1. The molecule has 5 nitrogen and oxygen atoms in total. The lowest BCUT2D eigenvalue weighted by molar-refractivity contribution is -0.140. The Hall–Kier alpha value is -2.29. The zero-order chi connectivity index (χ0) is 19.9. The van der Waals surface area contributed by atoms with Crippen LogP contribution in [0.5, 0.6) is 5.75 Å². The summed E-state index contributed by atoms with van der Waals surface area (Å²) in [7, 11) is 0. The van der Waals surface area contributed by atoms with Gasteiger partial charge in [0, 0.05) is 11.9 Å². The number of guanidine groups is 1. The van der Waals surface area contributed by atoms with Gasteiger partial charge in [-0.1, -0.05) is 12.1 Å². The number of benzene rings is 1. The van der Waals surface area contributed by atoms with Crippen LogP contribution >= 0.6 is 11.3 Å². The van der Waals surface area contributed by atoms with Gasteiger partial charge in [-0.25, -0.2) is 9.98 Å². The third kappa shape index (κ3) is 7.09. The zero-order valence-electron chi connectivity index (χ0n) is 15.4. The largest absolute Gasteiger partial charge is 0.489 e. The van der Waals surface area contributed by atoms with Crippen LogP contribution < -0.4 is 15.4 Å². The Labute approximate surface area is 160 Å². The highest BCUT2D eigenvalue weighted by Gasteiger charge is 2.33. The summed E-state index contributed by atoms with van der Waals surface area (Å²) < 4.78 is 43.7. The fraction of sp³-hybridized carbons (Fsp3) is 0.444. The van der Waals surface area contributed by atoms with Gasteiger partial charge in [-0.2, -0.15) is 13.2 Å². The van der Waals surface area contributed by atoms with Crippen molar-refractivity contribution in [2.75, 3.05) is 13.1 Å². The fourth-order valence-corrected chi connectivity index (χ4v) is 2.93. The van der Waals surface area contributed by atoms with Crippen molar-refractivity contribution in [1.29, 1.82) is 0 Å². The predicted molar refractivity (Wildman–Crippen MR) is 101 cm³/mol. The fourth-order valence-electron chi connectivity index (χ4n) is 2.21. The maximum atomic E-state index is 12.6. The molecule has 1 aromatic carbocycles. The molecule has 0 spiro atoms. The van der Waals surface area contributed by atoms with Crippen LogP contribution in [0.1, 0.15) is 30.1 Å². The molecule has 0 saturated carbocycles. The monoisotopic (exact) mass is 400 g/mol. The summed E-state index contributed by atoms with van der Waals surface area (Å²) in [5.41, 5.74) is 0.236. The number of ether oxygens (including phenoxy) is 1. The SMILES string of the molecule is CCNC(=NCc1nc(C(F)(F)F)cs1)NCC(C)Oc1cccc(C)c1. The minimum atomic E-state index is -4.43. The van der Waals surface area contributed by atoms with Gasteiger partial charge in [0.25, 0.3) is 0 Å². The second kappa shape index (κ2) is 9.59. The number of aryl methyl sites for hydroxylation is 1. The van der Waals surface area contributed by atoms with Crippen molar-refractivity contribution in [2.45, 2.75) is 39.6 Å². The van der Waals surface area contributed by atoms with Crippen LogP contribution in [0, 0.1) is 6.92 Å². The first-order valence-corrected chi connectivity index (χ1v) is 9.43. The number of nitrogens with zero attached hydrogens (tertiary/aromatic N) is 2. The second-order valence-corrected chi connectivity index (χ2v) is 6.89. The normalized spacial score (nSPS) is 13.3. The van der Waals surface area contributed by atoms with Crippen molar-refractivity contribution >= 4 is 17.3 Å². The molecule has 0 radical (unpaired) electrons. The second-order valence-electron chi connectivity index (χ2n) is 5.95. The average molecular weight is 400 g/mol. The number of alkyl halides is 3. The molecular formula is C18H23F3N4OS. The van der Waals surface area contributed by atoms with Gasteiger partial charge >= 0.3 is 6.18 Å². The summed E-state index contributed by atoms with van der Waals surface area (Å²) in [6.45, 7) is 7.03. The lowest BCUT2D eigenvalue weighted by Crippen LogP contribution is -2.41. The number of halogens is 3. The lowest BCUT2D eigenvalue weighted by atomic mass is 10.2. The summed E-state index contributed by atoms with van der Waals surface area (Å²) in [6, 6.07) is 7.77. The van der Waals surface area contributed by atoms with Crippen LogP contribution in [-0.4, -0.2) is 30.1 Å². The Kier molecular flexibility index (Phi) is 7.46. The maximum absolute atomic E-state index is 12.6. The van der Waals surface area contributed by atoms with Crippen molar-refractivity contribution in [3.63, 3.8) is 0 Å². The molecule has 0 aliphatic carbocycles. The standard InChI is InChI=1S/C18H23F3N4OS/c1-4-22-17(24-10-16-25-15(11-27-16)18(19,20)21)23-9-13(3)26-14-7-5-6-12(2)8-14/h5-8,11,13H,4,9-10H2,1-3H3,(H2,22,23,24). The Morgan fingerprint density at radius 1 is 1.33 bits per heavy atom. The topological polar surface area (TPSA) is 58.5 Å². The van der Waals surface area contributed by atoms with Gasteiger partial charge < -0.3 is 15.4 Å². The minimum absolute atomic E-state index is 0.0726. The van der Waals surface area contributed by atoms with E-state index in [1.54, 1.807) is 0 Å². The first-order chi connectivity index (χ1) is 12.8. The van der Waals surface area contributed by atoms with Crippen LogP contribution in [0.25, 0.3) is 0 Å². The van der Waals surface area contributed by atoms with Crippen LogP contribution in [0.2, 0.25) is 0 Å². The Bertz CT molecular complexity index is 761. The molecule has 2 rings (SSSR count). The van der Waals surface area contributed by atoms with Crippen LogP contribution in [0.3, 0.4) is 0 Å². The average Bonchev–Trinajstić information content (AvgIpc) is 3.07. The van der Waals surface area contributed by atoms with Crippen LogP contribution in [0.4, 0.5) is 13.2 Å². The van der Waals surface area contributed by atoms with E-state index in [4.69, 9.17) is 4.74 Å². The van der Waals surface area contributed by atoms with Gasteiger partial charge in [0.1, 0.15) is 16.9 Å². The molecule has 1 aromatic heterocycles. The summed E-state index contributed by atoms with van der Waals surface area (Å²) in [5, 5.41) is 7.50. The molecule has 2 aromatic rings. The van der Waals surface area contributed by atoms with Crippen molar-refractivity contribution in [3.8, 4) is 5.75 Å². The number of thiazole rings is 1. The van der Waals surface area contributed by atoms with Gasteiger partial charge in [-0.15, -0.1) is 11.3 Å². The molecule has 1 heterocycles. The molecule has 0 aliphatic rings. The summed E-state index contributed by atoms with van der Waals surface area (Å²) in [5.74, 6) is 1.29. The van der Waals surface area contributed by atoms with Gasteiger partial charge in [0.15, 0.2) is 11.7 Å². The van der Waals surface area contributed by atoms with E-state index in [0.29, 0.717) is 24.1 Å². The first kappa shape index (κ1) is 21.0. The molecule has 1 unspecified atom stereocenters. The van der Waals surface area contributed by atoms with E-state index in [1.807, 2.05) is 45.0 Å². The van der Waals surface area contributed by atoms with Crippen molar-refractivity contribution in [3.05, 3.63) is 45.9 Å². The third-order valence-corrected chi connectivity index (χ3v) is 4.28. The van der Waals surface area contributed by atoms with E-state index in [1.165, 1.54) is 0 Å². The summed E-state index contributed by atoms with van der Waals surface area (Å²) >= 11 is 0.946.